The van der Waals surface area contributed by atoms with Gasteiger partial charge in [0.05, 0.1) is 12.7 Å². The van der Waals surface area contributed by atoms with E-state index in [4.69, 9.17) is 4.74 Å². The van der Waals surface area contributed by atoms with Crippen molar-refractivity contribution in [3.05, 3.63) is 71.8 Å². The third-order valence-electron chi connectivity index (χ3n) is 4.38. The van der Waals surface area contributed by atoms with E-state index >= 15 is 0 Å². The number of fused-ring (bicyclic) bond motifs is 1. The van der Waals surface area contributed by atoms with Crippen LogP contribution in [0.1, 0.15) is 18.5 Å². The first kappa shape index (κ1) is 16.8. The van der Waals surface area contributed by atoms with E-state index in [1.807, 2.05) is 37.3 Å². The summed E-state index contributed by atoms with van der Waals surface area (Å²) in [4.78, 5) is 21.5. The monoisotopic (exact) mass is 362 g/mol. The molecule has 27 heavy (non-hydrogen) atoms. The predicted molar refractivity (Wildman–Crippen MR) is 100 cm³/mol. The third kappa shape index (κ3) is 3.01. The Labute approximate surface area is 155 Å². The highest BCUT2D eigenvalue weighted by molar-refractivity contribution is 6.05. The number of aromatic nitrogens is 4. The lowest BCUT2D eigenvalue weighted by Gasteiger charge is -2.29. The van der Waals surface area contributed by atoms with Crippen LogP contribution in [0.15, 0.2) is 66.3 Å². The molecule has 0 saturated heterocycles. The Kier molecular flexibility index (Phi) is 4.29. The fraction of sp³-hybridized carbons (Fsp3) is 0.158. The van der Waals surface area contributed by atoms with Crippen molar-refractivity contribution in [1.82, 2.24) is 19.7 Å². The van der Waals surface area contributed by atoms with Crippen LogP contribution in [-0.4, -0.2) is 32.8 Å². The van der Waals surface area contributed by atoms with E-state index in [0.717, 1.165) is 5.56 Å². The lowest BCUT2D eigenvalue weighted by atomic mass is 9.94. The summed E-state index contributed by atoms with van der Waals surface area (Å²) in [6.07, 6.45) is 3.08. The molecule has 8 heteroatoms. The minimum Gasteiger partial charge on any atom is -0.496 e. The average Bonchev–Trinajstić information content (AvgIpc) is 3.15. The molecular weight excluding hydrogens is 344 g/mol. The van der Waals surface area contributed by atoms with Gasteiger partial charge in [0, 0.05) is 17.5 Å². The van der Waals surface area contributed by atoms with Gasteiger partial charge >= 0.3 is 0 Å². The number of carbonyl (C=O) groups excluding carboxylic acids is 1. The van der Waals surface area contributed by atoms with Crippen molar-refractivity contribution in [2.75, 3.05) is 17.7 Å². The summed E-state index contributed by atoms with van der Waals surface area (Å²) in [5, 5.41) is 10.3. The maximum absolute atomic E-state index is 13.1. The highest BCUT2D eigenvalue weighted by Crippen LogP contribution is 2.38. The van der Waals surface area contributed by atoms with Gasteiger partial charge in [-0.15, -0.1) is 0 Å². The van der Waals surface area contributed by atoms with Crippen molar-refractivity contribution in [3.8, 4) is 5.75 Å². The van der Waals surface area contributed by atoms with Crippen molar-refractivity contribution >= 4 is 17.7 Å². The molecular formula is C19H18N6O2. The maximum Gasteiger partial charge on any atom is 0.257 e. The van der Waals surface area contributed by atoms with E-state index in [2.05, 4.69) is 25.7 Å². The van der Waals surface area contributed by atoms with Gasteiger partial charge < -0.3 is 15.4 Å². The number of pyridine rings is 1. The fourth-order valence-electron chi connectivity index (χ4n) is 3.19. The average molecular weight is 362 g/mol. The number of benzene rings is 1. The number of rotatable bonds is 4. The molecule has 2 N–H and O–H groups in total. The summed E-state index contributed by atoms with van der Waals surface area (Å²) in [6, 6.07) is 12.4. The van der Waals surface area contributed by atoms with Gasteiger partial charge in [0.1, 0.15) is 23.9 Å². The van der Waals surface area contributed by atoms with Crippen LogP contribution in [0.5, 0.6) is 5.75 Å². The minimum absolute atomic E-state index is 0.268. The van der Waals surface area contributed by atoms with Crippen LogP contribution in [0.4, 0.5) is 11.8 Å². The largest absolute Gasteiger partial charge is 0.496 e. The molecule has 1 aromatic carbocycles. The zero-order valence-electron chi connectivity index (χ0n) is 14.9. The van der Waals surface area contributed by atoms with E-state index in [1.54, 1.807) is 30.1 Å². The number of amides is 1. The van der Waals surface area contributed by atoms with Crippen molar-refractivity contribution in [2.45, 2.75) is 13.0 Å². The van der Waals surface area contributed by atoms with Crippen LogP contribution in [0.3, 0.4) is 0 Å². The first-order valence-corrected chi connectivity index (χ1v) is 8.41. The summed E-state index contributed by atoms with van der Waals surface area (Å²) in [5.74, 6) is 1.45. The van der Waals surface area contributed by atoms with Crippen LogP contribution in [0.25, 0.3) is 0 Å². The summed E-state index contributed by atoms with van der Waals surface area (Å²) in [5.41, 5.74) is 2.03. The number of nitrogens with zero attached hydrogens (tertiary/aromatic N) is 4. The van der Waals surface area contributed by atoms with Gasteiger partial charge in [0.2, 0.25) is 5.95 Å². The SMILES string of the molecule is COc1ccccc1C1C(C(=O)Nc2ccccn2)=C(C)Nc2ncnn21. The molecule has 1 unspecified atom stereocenters. The smallest absolute Gasteiger partial charge is 0.257 e. The first-order chi connectivity index (χ1) is 13.2. The molecule has 136 valence electrons. The molecule has 0 radical (unpaired) electrons. The number of carbonyl (C=O) groups is 1. The van der Waals surface area contributed by atoms with Crippen molar-refractivity contribution in [3.63, 3.8) is 0 Å². The molecule has 4 rings (SSSR count). The minimum atomic E-state index is -0.483. The number of allylic oxidation sites excluding steroid dienone is 1. The molecule has 0 saturated carbocycles. The second-order valence-electron chi connectivity index (χ2n) is 6.01. The van der Waals surface area contributed by atoms with Crippen LogP contribution >= 0.6 is 0 Å². The van der Waals surface area contributed by atoms with Gasteiger partial charge in [-0.1, -0.05) is 24.3 Å². The Bertz CT molecular complexity index is 1010. The summed E-state index contributed by atoms with van der Waals surface area (Å²) in [6.45, 7) is 1.84. The molecule has 3 heterocycles. The van der Waals surface area contributed by atoms with Crippen molar-refractivity contribution < 1.29 is 9.53 Å². The van der Waals surface area contributed by atoms with Crippen molar-refractivity contribution in [1.29, 1.82) is 0 Å². The lowest BCUT2D eigenvalue weighted by Crippen LogP contribution is -2.31. The lowest BCUT2D eigenvalue weighted by molar-refractivity contribution is -0.113. The van der Waals surface area contributed by atoms with Crippen LogP contribution in [0.2, 0.25) is 0 Å². The number of anilines is 2. The molecule has 0 aliphatic carbocycles. The molecule has 0 bridgehead atoms. The van der Waals surface area contributed by atoms with E-state index in [0.29, 0.717) is 28.8 Å². The standard InChI is InChI=1S/C19H18N6O2/c1-12-16(18(26)24-15-9-5-6-10-20-15)17(25-19(23-12)21-11-22-25)13-7-3-4-8-14(13)27-2/h3-11,17H,1-2H3,(H,20,24,26)(H,21,22,23). The topological polar surface area (TPSA) is 94.0 Å². The third-order valence-corrected chi connectivity index (χ3v) is 4.38. The number of methoxy groups -OCH3 is 1. The van der Waals surface area contributed by atoms with Crippen LogP contribution < -0.4 is 15.4 Å². The number of ether oxygens (including phenoxy) is 1. The van der Waals surface area contributed by atoms with Gasteiger partial charge in [-0.05, 0) is 25.1 Å². The number of nitrogens with one attached hydrogen (secondary N) is 2. The molecule has 1 atom stereocenters. The van der Waals surface area contributed by atoms with E-state index in [1.165, 1.54) is 6.33 Å². The second-order valence-corrected chi connectivity index (χ2v) is 6.01. The summed E-state index contributed by atoms with van der Waals surface area (Å²) in [7, 11) is 1.60. The molecule has 1 aliphatic heterocycles. The molecule has 8 nitrogen and oxygen atoms in total. The highest BCUT2D eigenvalue weighted by atomic mass is 16.5. The van der Waals surface area contributed by atoms with E-state index < -0.39 is 6.04 Å². The number of hydrogen-bond acceptors (Lipinski definition) is 6. The van der Waals surface area contributed by atoms with E-state index in [9.17, 15) is 4.79 Å². The quantitative estimate of drug-likeness (QED) is 0.741. The van der Waals surface area contributed by atoms with Gasteiger partial charge in [-0.25, -0.2) is 9.67 Å². The van der Waals surface area contributed by atoms with Gasteiger partial charge in [0.15, 0.2) is 0 Å². The Morgan fingerprint density at radius 3 is 2.78 bits per heavy atom. The summed E-state index contributed by atoms with van der Waals surface area (Å²) >= 11 is 0. The normalized spacial score (nSPS) is 15.7. The molecule has 3 aromatic rings. The van der Waals surface area contributed by atoms with Gasteiger partial charge in [-0.3, -0.25) is 4.79 Å². The molecule has 2 aromatic heterocycles. The Morgan fingerprint density at radius 1 is 1.19 bits per heavy atom. The van der Waals surface area contributed by atoms with Crippen LogP contribution in [0, 0.1) is 0 Å². The Hall–Kier alpha value is -3.68. The molecule has 0 fully saturated rings. The second kappa shape index (κ2) is 6.91. The maximum atomic E-state index is 13.1. The fourth-order valence-corrected chi connectivity index (χ4v) is 3.19. The molecule has 1 aliphatic rings. The number of para-hydroxylation sites is 1. The molecule has 1 amide bonds. The van der Waals surface area contributed by atoms with Crippen molar-refractivity contribution in [2.24, 2.45) is 0 Å². The van der Waals surface area contributed by atoms with Crippen LogP contribution in [-0.2, 0) is 4.79 Å². The number of hydrogen-bond donors (Lipinski definition) is 2. The zero-order chi connectivity index (χ0) is 18.8. The van der Waals surface area contributed by atoms with E-state index in [-0.39, 0.29) is 5.91 Å². The highest BCUT2D eigenvalue weighted by Gasteiger charge is 2.35. The summed E-state index contributed by atoms with van der Waals surface area (Å²) < 4.78 is 7.20. The Morgan fingerprint density at radius 2 is 2.00 bits per heavy atom. The van der Waals surface area contributed by atoms with Gasteiger partial charge in [-0.2, -0.15) is 10.1 Å². The zero-order valence-corrected chi connectivity index (χ0v) is 14.9. The van der Waals surface area contributed by atoms with Gasteiger partial charge in [0.25, 0.3) is 5.91 Å². The predicted octanol–water partition coefficient (Wildman–Crippen LogP) is 2.61. The first-order valence-electron chi connectivity index (χ1n) is 8.41. The Balaban J connectivity index is 1.81. The molecule has 0 spiro atoms.